The maximum Gasteiger partial charge on any atom is 0.319 e. The van der Waals surface area contributed by atoms with Crippen LogP contribution in [0, 0.1) is 0 Å². The highest BCUT2D eigenvalue weighted by Gasteiger charge is 2.26. The Morgan fingerprint density at radius 2 is 1.88 bits per heavy atom. The van der Waals surface area contributed by atoms with E-state index in [0.29, 0.717) is 18.2 Å². The van der Waals surface area contributed by atoms with Crippen LogP contribution in [0.5, 0.6) is 0 Å². The molecule has 126 valence electrons. The van der Waals surface area contributed by atoms with Crippen LogP contribution in [-0.4, -0.2) is 34.1 Å². The minimum Gasteiger partial charge on any atom is -0.370 e. The highest BCUT2D eigenvalue weighted by atomic mass is 16.2. The molecule has 0 saturated heterocycles. The van der Waals surface area contributed by atoms with Crippen molar-refractivity contribution in [3.63, 3.8) is 0 Å². The van der Waals surface area contributed by atoms with E-state index in [9.17, 15) is 4.79 Å². The molecule has 0 atom stereocenters. The number of carbonyl (C=O) groups excluding carboxylic acids is 1. The first-order chi connectivity index (χ1) is 11.8. The van der Waals surface area contributed by atoms with Gasteiger partial charge in [-0.1, -0.05) is 6.07 Å². The Kier molecular flexibility index (Phi) is 5.55. The quantitative estimate of drug-likeness (QED) is 0.649. The van der Waals surface area contributed by atoms with Crippen molar-refractivity contribution in [3.8, 4) is 0 Å². The third-order valence-corrected chi connectivity index (χ3v) is 3.73. The van der Waals surface area contributed by atoms with Crippen molar-refractivity contribution in [3.05, 3.63) is 42.6 Å². The van der Waals surface area contributed by atoms with Gasteiger partial charge in [0.25, 0.3) is 0 Å². The summed E-state index contributed by atoms with van der Waals surface area (Å²) in [6.45, 7) is 1.45. The molecule has 1 fully saturated rings. The highest BCUT2D eigenvalue weighted by molar-refractivity contribution is 5.88. The minimum atomic E-state index is -0.226. The molecule has 0 aromatic carbocycles. The van der Waals surface area contributed by atoms with Gasteiger partial charge >= 0.3 is 6.03 Å². The molecular weight excluding hydrogens is 304 g/mol. The van der Waals surface area contributed by atoms with Gasteiger partial charge in [-0.05, 0) is 37.8 Å². The van der Waals surface area contributed by atoms with Crippen molar-refractivity contribution < 1.29 is 4.79 Å². The Morgan fingerprint density at radius 3 is 2.58 bits per heavy atom. The van der Waals surface area contributed by atoms with Crippen LogP contribution in [0.2, 0.25) is 0 Å². The number of unbranched alkanes of at least 4 members (excludes halogenated alkanes) is 1. The van der Waals surface area contributed by atoms with Gasteiger partial charge in [-0.25, -0.2) is 19.7 Å². The lowest BCUT2D eigenvalue weighted by molar-refractivity contribution is 0.252. The van der Waals surface area contributed by atoms with Crippen molar-refractivity contribution in [1.82, 2.24) is 20.3 Å². The molecule has 1 aliphatic carbocycles. The zero-order chi connectivity index (χ0) is 16.6. The predicted molar refractivity (Wildman–Crippen MR) is 93.0 cm³/mol. The van der Waals surface area contributed by atoms with Crippen molar-refractivity contribution in [2.75, 3.05) is 23.7 Å². The van der Waals surface area contributed by atoms with Gasteiger partial charge in [-0.3, -0.25) is 0 Å². The lowest BCUT2D eigenvalue weighted by atomic mass is 10.3. The van der Waals surface area contributed by atoms with Crippen molar-refractivity contribution in [2.24, 2.45) is 0 Å². The zero-order valence-electron chi connectivity index (χ0n) is 13.5. The van der Waals surface area contributed by atoms with E-state index in [1.165, 1.54) is 12.8 Å². The van der Waals surface area contributed by atoms with E-state index in [2.05, 4.69) is 30.9 Å². The van der Waals surface area contributed by atoms with Gasteiger partial charge in [0.1, 0.15) is 11.6 Å². The molecule has 2 amide bonds. The summed E-state index contributed by atoms with van der Waals surface area (Å²) in [4.78, 5) is 24.5. The van der Waals surface area contributed by atoms with Gasteiger partial charge in [0, 0.05) is 25.2 Å². The van der Waals surface area contributed by atoms with E-state index >= 15 is 0 Å². The van der Waals surface area contributed by atoms with Gasteiger partial charge in [0.15, 0.2) is 0 Å². The van der Waals surface area contributed by atoms with Gasteiger partial charge in [0.2, 0.25) is 0 Å². The fourth-order valence-electron chi connectivity index (χ4n) is 2.27. The van der Waals surface area contributed by atoms with E-state index < -0.39 is 0 Å². The molecule has 2 aromatic rings. The molecule has 2 heterocycles. The summed E-state index contributed by atoms with van der Waals surface area (Å²) in [5, 5.41) is 8.81. The summed E-state index contributed by atoms with van der Waals surface area (Å²) in [6, 6.07) is 5.54. The van der Waals surface area contributed by atoms with Crippen LogP contribution in [0.4, 0.5) is 16.3 Å². The lowest BCUT2D eigenvalue weighted by Gasteiger charge is -2.08. The average molecular weight is 326 g/mol. The van der Waals surface area contributed by atoms with E-state index in [0.717, 1.165) is 31.0 Å². The number of carbonyl (C=O) groups is 1. The summed E-state index contributed by atoms with van der Waals surface area (Å²) in [5.41, 5.74) is 0.619. The first-order valence-corrected chi connectivity index (χ1v) is 8.33. The number of urea groups is 1. The second-order valence-corrected chi connectivity index (χ2v) is 5.83. The van der Waals surface area contributed by atoms with Crippen LogP contribution < -0.4 is 16.0 Å². The maximum atomic E-state index is 11.8. The fourth-order valence-corrected chi connectivity index (χ4v) is 2.27. The standard InChI is InChI=1S/C17H22N6O/c24-17(23-14-11-21-16(22-12-14)13-6-7-13)20-10-4-3-9-19-15-5-1-2-8-18-15/h1-2,5,8,11-13H,3-4,6-7,9-10H2,(H,18,19)(H2,20,23,24). The molecule has 7 heteroatoms. The zero-order valence-corrected chi connectivity index (χ0v) is 13.5. The lowest BCUT2D eigenvalue weighted by Crippen LogP contribution is -2.29. The van der Waals surface area contributed by atoms with E-state index in [1.54, 1.807) is 18.6 Å². The summed E-state index contributed by atoms with van der Waals surface area (Å²) in [5.74, 6) is 2.27. The minimum absolute atomic E-state index is 0.226. The van der Waals surface area contributed by atoms with Gasteiger partial charge in [-0.2, -0.15) is 0 Å². The summed E-state index contributed by atoms with van der Waals surface area (Å²) < 4.78 is 0. The number of nitrogens with one attached hydrogen (secondary N) is 3. The summed E-state index contributed by atoms with van der Waals surface area (Å²) in [7, 11) is 0. The van der Waals surface area contributed by atoms with Crippen molar-refractivity contribution >= 4 is 17.5 Å². The molecule has 0 unspecified atom stereocenters. The molecule has 1 aliphatic rings. The van der Waals surface area contributed by atoms with Gasteiger partial charge in [-0.15, -0.1) is 0 Å². The third-order valence-electron chi connectivity index (χ3n) is 3.73. The number of amides is 2. The molecule has 1 saturated carbocycles. The number of rotatable bonds is 8. The topological polar surface area (TPSA) is 91.8 Å². The number of hydrogen-bond donors (Lipinski definition) is 3. The largest absolute Gasteiger partial charge is 0.370 e. The first-order valence-electron chi connectivity index (χ1n) is 8.33. The molecule has 0 spiro atoms. The van der Waals surface area contributed by atoms with Gasteiger partial charge < -0.3 is 16.0 Å². The fraction of sp³-hybridized carbons (Fsp3) is 0.412. The maximum absolute atomic E-state index is 11.8. The Balaban J connectivity index is 1.27. The average Bonchev–Trinajstić information content (AvgIpc) is 3.45. The third kappa shape index (κ3) is 5.19. The Morgan fingerprint density at radius 1 is 1.08 bits per heavy atom. The van der Waals surface area contributed by atoms with Gasteiger partial charge in [0.05, 0.1) is 18.1 Å². The Hall–Kier alpha value is -2.70. The SMILES string of the molecule is O=C(NCCCCNc1ccccn1)Nc1cnc(C2CC2)nc1. The van der Waals surface area contributed by atoms with E-state index in [1.807, 2.05) is 18.2 Å². The van der Waals surface area contributed by atoms with Crippen LogP contribution in [0.3, 0.4) is 0 Å². The predicted octanol–water partition coefficient (Wildman–Crippen LogP) is 2.76. The normalized spacial score (nSPS) is 13.3. The van der Waals surface area contributed by atoms with E-state index in [-0.39, 0.29) is 6.03 Å². The van der Waals surface area contributed by atoms with Crippen LogP contribution in [0.25, 0.3) is 0 Å². The highest BCUT2D eigenvalue weighted by Crippen LogP contribution is 2.37. The molecule has 3 rings (SSSR count). The van der Waals surface area contributed by atoms with Crippen LogP contribution in [-0.2, 0) is 0 Å². The monoisotopic (exact) mass is 326 g/mol. The van der Waals surface area contributed by atoms with Crippen LogP contribution >= 0.6 is 0 Å². The van der Waals surface area contributed by atoms with E-state index in [4.69, 9.17) is 0 Å². The molecule has 7 nitrogen and oxygen atoms in total. The van der Waals surface area contributed by atoms with Crippen LogP contribution in [0.15, 0.2) is 36.8 Å². The molecule has 0 radical (unpaired) electrons. The van der Waals surface area contributed by atoms with Crippen LogP contribution in [0.1, 0.15) is 37.4 Å². The summed E-state index contributed by atoms with van der Waals surface area (Å²) >= 11 is 0. The Labute approximate surface area is 141 Å². The number of anilines is 2. The first kappa shape index (κ1) is 16.2. The second-order valence-electron chi connectivity index (χ2n) is 5.83. The molecule has 24 heavy (non-hydrogen) atoms. The number of nitrogens with zero attached hydrogens (tertiary/aromatic N) is 3. The number of pyridine rings is 1. The molecule has 2 aromatic heterocycles. The molecular formula is C17H22N6O. The molecule has 0 bridgehead atoms. The molecule has 3 N–H and O–H groups in total. The number of aromatic nitrogens is 3. The Bertz CT molecular complexity index is 642. The summed E-state index contributed by atoms with van der Waals surface area (Å²) in [6.07, 6.45) is 9.27. The smallest absolute Gasteiger partial charge is 0.319 e. The second kappa shape index (κ2) is 8.24. The van der Waals surface area contributed by atoms with Crippen molar-refractivity contribution in [1.29, 1.82) is 0 Å². The number of hydrogen-bond acceptors (Lipinski definition) is 5. The van der Waals surface area contributed by atoms with Crippen molar-refractivity contribution in [2.45, 2.75) is 31.6 Å². The molecule has 0 aliphatic heterocycles.